The predicted molar refractivity (Wildman–Crippen MR) is 54.5 cm³/mol. The van der Waals surface area contributed by atoms with E-state index in [4.69, 9.17) is 5.84 Å². The van der Waals surface area contributed by atoms with Gasteiger partial charge in [0.2, 0.25) is 0 Å². The molecule has 0 radical (unpaired) electrons. The second-order valence-corrected chi connectivity index (χ2v) is 3.00. The molecule has 0 aromatic heterocycles. The van der Waals surface area contributed by atoms with Crippen LogP contribution in [0.1, 0.15) is 5.56 Å². The zero-order chi connectivity index (χ0) is 9.10. The lowest BCUT2D eigenvalue weighted by atomic mass is 10.1. The lowest BCUT2D eigenvalue weighted by Crippen LogP contribution is -2.30. The summed E-state index contributed by atoms with van der Waals surface area (Å²) in [6, 6.07) is 10.2. The van der Waals surface area contributed by atoms with Gasteiger partial charge in [0, 0.05) is 0 Å². The molecule has 2 rings (SSSR count). The molecule has 0 amide bonds. The van der Waals surface area contributed by atoms with Gasteiger partial charge in [0.1, 0.15) is 0 Å². The van der Waals surface area contributed by atoms with Crippen molar-refractivity contribution in [2.75, 3.05) is 6.54 Å². The van der Waals surface area contributed by atoms with Gasteiger partial charge in [0.05, 0.1) is 12.2 Å². The summed E-state index contributed by atoms with van der Waals surface area (Å²) in [6.07, 6.45) is 6.09. The van der Waals surface area contributed by atoms with Gasteiger partial charge < -0.3 is 5.01 Å². The lowest BCUT2D eigenvalue weighted by Gasteiger charge is -2.22. The lowest BCUT2D eigenvalue weighted by molar-refractivity contribution is 0.459. The van der Waals surface area contributed by atoms with Crippen LogP contribution < -0.4 is 5.84 Å². The Bertz CT molecular complexity index is 338. The van der Waals surface area contributed by atoms with E-state index >= 15 is 0 Å². The van der Waals surface area contributed by atoms with Gasteiger partial charge in [0.15, 0.2) is 0 Å². The van der Waals surface area contributed by atoms with Gasteiger partial charge in [-0.05, 0) is 11.6 Å². The van der Waals surface area contributed by atoms with Crippen molar-refractivity contribution in [1.82, 2.24) is 5.01 Å². The first-order chi connectivity index (χ1) is 6.38. The first-order valence-corrected chi connectivity index (χ1v) is 4.32. The summed E-state index contributed by atoms with van der Waals surface area (Å²) in [5.41, 5.74) is 2.23. The Hall–Kier alpha value is -1.54. The van der Waals surface area contributed by atoms with E-state index in [1.165, 1.54) is 0 Å². The van der Waals surface area contributed by atoms with Gasteiger partial charge in [-0.25, -0.2) is 5.84 Å². The number of nitrogens with zero attached hydrogens (tertiary/aromatic N) is 1. The third-order valence-electron chi connectivity index (χ3n) is 2.07. The average molecular weight is 172 g/mol. The Morgan fingerprint density at radius 1 is 1.15 bits per heavy atom. The van der Waals surface area contributed by atoms with Crippen LogP contribution in [-0.2, 0) is 0 Å². The molecule has 0 aliphatic carbocycles. The Labute approximate surface area is 77.9 Å². The van der Waals surface area contributed by atoms with E-state index in [-0.39, 0.29) is 0 Å². The summed E-state index contributed by atoms with van der Waals surface area (Å²) in [5, 5.41) is 1.75. The molecule has 0 saturated heterocycles. The second-order valence-electron chi connectivity index (χ2n) is 3.00. The maximum Gasteiger partial charge on any atom is 0.0593 e. The molecule has 66 valence electrons. The normalized spacial score (nSPS) is 15.8. The highest BCUT2D eigenvalue weighted by Gasteiger charge is 2.07. The predicted octanol–water partition coefficient (Wildman–Crippen LogP) is 1.77. The fourth-order valence-corrected chi connectivity index (χ4v) is 1.40. The fraction of sp³-hybridized carbons (Fsp3) is 0.0909. The van der Waals surface area contributed by atoms with Crippen LogP contribution in [-0.4, -0.2) is 11.6 Å². The highest BCUT2D eigenvalue weighted by atomic mass is 15.4. The molecule has 2 nitrogen and oxygen atoms in total. The quantitative estimate of drug-likeness (QED) is 0.654. The van der Waals surface area contributed by atoms with E-state index in [0.717, 1.165) is 17.8 Å². The zero-order valence-corrected chi connectivity index (χ0v) is 7.35. The van der Waals surface area contributed by atoms with Crippen molar-refractivity contribution in [2.24, 2.45) is 5.84 Å². The van der Waals surface area contributed by atoms with E-state index < -0.39 is 0 Å². The monoisotopic (exact) mass is 172 g/mol. The van der Waals surface area contributed by atoms with Crippen LogP contribution in [0.15, 0.2) is 48.6 Å². The SMILES string of the molecule is NN1CC=CC=C1c1ccccc1. The van der Waals surface area contributed by atoms with Crippen LogP contribution >= 0.6 is 0 Å². The smallest absolute Gasteiger partial charge is 0.0593 e. The molecular weight excluding hydrogens is 160 g/mol. The molecule has 0 unspecified atom stereocenters. The molecule has 0 fully saturated rings. The molecule has 1 aromatic rings. The van der Waals surface area contributed by atoms with Crippen LogP contribution in [0.5, 0.6) is 0 Å². The molecule has 1 heterocycles. The molecule has 13 heavy (non-hydrogen) atoms. The van der Waals surface area contributed by atoms with Gasteiger partial charge in [-0.3, -0.25) is 0 Å². The summed E-state index contributed by atoms with van der Waals surface area (Å²) < 4.78 is 0. The molecular formula is C11H12N2. The van der Waals surface area contributed by atoms with Crippen LogP contribution in [0, 0.1) is 0 Å². The number of benzene rings is 1. The number of hydrazine groups is 1. The Kier molecular flexibility index (Phi) is 2.15. The van der Waals surface area contributed by atoms with Crippen molar-refractivity contribution in [3.8, 4) is 0 Å². The van der Waals surface area contributed by atoms with Crippen LogP contribution in [0.2, 0.25) is 0 Å². The van der Waals surface area contributed by atoms with E-state index in [0.29, 0.717) is 0 Å². The van der Waals surface area contributed by atoms with Crippen molar-refractivity contribution in [1.29, 1.82) is 0 Å². The summed E-state index contributed by atoms with van der Waals surface area (Å²) in [4.78, 5) is 0. The molecule has 0 spiro atoms. The fourth-order valence-electron chi connectivity index (χ4n) is 1.40. The van der Waals surface area contributed by atoms with Gasteiger partial charge in [0.25, 0.3) is 0 Å². The maximum atomic E-state index is 5.82. The molecule has 0 bridgehead atoms. The van der Waals surface area contributed by atoms with Crippen LogP contribution in [0.4, 0.5) is 0 Å². The van der Waals surface area contributed by atoms with Crippen molar-refractivity contribution in [2.45, 2.75) is 0 Å². The van der Waals surface area contributed by atoms with E-state index in [2.05, 4.69) is 12.1 Å². The molecule has 2 N–H and O–H groups in total. The topological polar surface area (TPSA) is 29.3 Å². The molecule has 2 heteroatoms. The minimum absolute atomic E-state index is 0.778. The van der Waals surface area contributed by atoms with Crippen molar-refractivity contribution in [3.63, 3.8) is 0 Å². The standard InChI is InChI=1S/C11H12N2/c12-13-9-5-4-8-11(13)10-6-2-1-3-7-10/h1-8H,9,12H2. The van der Waals surface area contributed by atoms with Crippen molar-refractivity contribution >= 4 is 5.70 Å². The largest absolute Gasteiger partial charge is 0.307 e. The van der Waals surface area contributed by atoms with Gasteiger partial charge in [-0.15, -0.1) is 0 Å². The summed E-state index contributed by atoms with van der Waals surface area (Å²) in [7, 11) is 0. The Morgan fingerprint density at radius 3 is 2.62 bits per heavy atom. The van der Waals surface area contributed by atoms with Crippen LogP contribution in [0.25, 0.3) is 5.70 Å². The van der Waals surface area contributed by atoms with Crippen molar-refractivity contribution < 1.29 is 0 Å². The maximum absolute atomic E-state index is 5.82. The minimum Gasteiger partial charge on any atom is -0.307 e. The number of nitrogens with two attached hydrogens (primary N) is 1. The third kappa shape index (κ3) is 1.63. The second kappa shape index (κ2) is 3.46. The molecule has 1 aromatic carbocycles. The zero-order valence-electron chi connectivity index (χ0n) is 7.35. The number of allylic oxidation sites excluding steroid dienone is 2. The summed E-state index contributed by atoms with van der Waals surface area (Å²) in [6.45, 7) is 0.778. The number of hydrogen-bond donors (Lipinski definition) is 1. The van der Waals surface area contributed by atoms with E-state index in [1.807, 2.05) is 36.4 Å². The molecule has 1 aliphatic heterocycles. The molecule has 0 atom stereocenters. The van der Waals surface area contributed by atoms with Crippen LogP contribution in [0.3, 0.4) is 0 Å². The van der Waals surface area contributed by atoms with E-state index in [9.17, 15) is 0 Å². The Balaban J connectivity index is 2.35. The Morgan fingerprint density at radius 2 is 1.92 bits per heavy atom. The van der Waals surface area contributed by atoms with Gasteiger partial charge in [-0.1, -0.05) is 42.5 Å². The number of rotatable bonds is 1. The summed E-state index contributed by atoms with van der Waals surface area (Å²) in [5.74, 6) is 5.82. The number of hydrogen-bond acceptors (Lipinski definition) is 2. The van der Waals surface area contributed by atoms with Gasteiger partial charge in [-0.2, -0.15) is 0 Å². The minimum atomic E-state index is 0.778. The van der Waals surface area contributed by atoms with Crippen molar-refractivity contribution in [3.05, 3.63) is 54.1 Å². The molecule has 0 saturated carbocycles. The molecule has 1 aliphatic rings. The highest BCUT2D eigenvalue weighted by molar-refractivity contribution is 5.66. The van der Waals surface area contributed by atoms with Gasteiger partial charge >= 0.3 is 0 Å². The third-order valence-corrected chi connectivity index (χ3v) is 2.07. The summed E-state index contributed by atoms with van der Waals surface area (Å²) >= 11 is 0. The first-order valence-electron chi connectivity index (χ1n) is 4.32. The average Bonchev–Trinajstić information content (AvgIpc) is 2.20. The first kappa shape index (κ1) is 8.08. The van der Waals surface area contributed by atoms with E-state index in [1.54, 1.807) is 5.01 Å². The highest BCUT2D eigenvalue weighted by Crippen LogP contribution is 2.18.